The third-order valence-corrected chi connectivity index (χ3v) is 4.51. The van der Waals surface area contributed by atoms with Crippen molar-refractivity contribution in [1.82, 2.24) is 19.9 Å². The number of aryl methyl sites for hydroxylation is 1. The lowest BCUT2D eigenvalue weighted by Gasteiger charge is -2.28. The summed E-state index contributed by atoms with van der Waals surface area (Å²) in [5, 5.41) is 0. The average molecular weight is 336 g/mol. The van der Waals surface area contributed by atoms with Crippen LogP contribution in [0.4, 0.5) is 4.39 Å². The highest BCUT2D eigenvalue weighted by molar-refractivity contribution is 5.66. The predicted octanol–water partition coefficient (Wildman–Crippen LogP) is 4.44. The van der Waals surface area contributed by atoms with Crippen molar-refractivity contribution >= 4 is 0 Å². The first-order valence-corrected chi connectivity index (χ1v) is 8.27. The van der Waals surface area contributed by atoms with E-state index < -0.39 is 5.82 Å². The van der Waals surface area contributed by atoms with Gasteiger partial charge in [0.1, 0.15) is 6.33 Å². The zero-order chi connectivity index (χ0) is 17.2. The summed E-state index contributed by atoms with van der Waals surface area (Å²) < 4.78 is 21.1. The van der Waals surface area contributed by atoms with Crippen LogP contribution in [0.5, 0.6) is 11.8 Å². The van der Waals surface area contributed by atoms with Crippen molar-refractivity contribution in [1.29, 1.82) is 0 Å². The van der Waals surface area contributed by atoms with Crippen LogP contribution >= 0.6 is 0 Å². The van der Waals surface area contributed by atoms with Gasteiger partial charge < -0.3 is 4.74 Å². The van der Waals surface area contributed by atoms with Crippen molar-refractivity contribution in [2.75, 3.05) is 0 Å². The van der Waals surface area contributed by atoms with Gasteiger partial charge in [-0.1, -0.05) is 18.6 Å². The zero-order valence-corrected chi connectivity index (χ0v) is 13.8. The second kappa shape index (κ2) is 6.55. The van der Waals surface area contributed by atoms with Crippen LogP contribution in [0.25, 0.3) is 11.1 Å². The highest BCUT2D eigenvalue weighted by Gasteiger charge is 2.27. The number of benzene rings is 1. The minimum atomic E-state index is -0.427. The van der Waals surface area contributed by atoms with Crippen molar-refractivity contribution in [3.63, 3.8) is 0 Å². The Morgan fingerprint density at radius 2 is 1.92 bits per heavy atom. The Labute approximate surface area is 145 Å². The molecular weight excluding hydrogens is 319 g/mol. The molecule has 6 heteroatoms. The van der Waals surface area contributed by atoms with Crippen molar-refractivity contribution in [3.8, 4) is 22.9 Å². The van der Waals surface area contributed by atoms with Gasteiger partial charge in [0.05, 0.1) is 0 Å². The molecule has 1 fully saturated rings. The van der Waals surface area contributed by atoms with Crippen molar-refractivity contribution in [2.45, 2.75) is 32.1 Å². The molecule has 1 aliphatic carbocycles. The second-order valence-electron chi connectivity index (χ2n) is 6.18. The van der Waals surface area contributed by atoms with Gasteiger partial charge in [-0.3, -0.25) is 0 Å². The van der Waals surface area contributed by atoms with Crippen LogP contribution in [-0.2, 0) is 0 Å². The molecule has 2 aromatic heterocycles. The summed E-state index contributed by atoms with van der Waals surface area (Å²) in [7, 11) is 0. The molecule has 3 aromatic rings. The minimum absolute atomic E-state index is 0.154. The molecule has 5 nitrogen and oxygen atoms in total. The molecule has 1 saturated carbocycles. The number of ether oxygens (including phenoxy) is 1. The number of aromatic nitrogens is 4. The Bertz CT molecular complexity index is 897. The van der Waals surface area contributed by atoms with Crippen molar-refractivity contribution in [2.24, 2.45) is 0 Å². The van der Waals surface area contributed by atoms with Crippen molar-refractivity contribution in [3.05, 3.63) is 60.2 Å². The topological polar surface area (TPSA) is 60.8 Å². The van der Waals surface area contributed by atoms with Crippen LogP contribution in [0, 0.1) is 12.7 Å². The van der Waals surface area contributed by atoms with E-state index >= 15 is 4.39 Å². The minimum Gasteiger partial charge on any atom is -0.421 e. The smallest absolute Gasteiger partial charge is 0.322 e. The molecule has 0 unspecified atom stereocenters. The van der Waals surface area contributed by atoms with Gasteiger partial charge in [-0.15, -0.1) is 0 Å². The van der Waals surface area contributed by atoms with Crippen LogP contribution in [0.3, 0.4) is 0 Å². The fourth-order valence-electron chi connectivity index (χ4n) is 2.94. The van der Waals surface area contributed by atoms with E-state index in [0.29, 0.717) is 17.0 Å². The number of halogens is 1. The Morgan fingerprint density at radius 1 is 1.12 bits per heavy atom. The average Bonchev–Trinajstić information content (AvgIpc) is 2.57. The van der Waals surface area contributed by atoms with Gasteiger partial charge in [-0.2, -0.15) is 0 Å². The Hall–Kier alpha value is -2.89. The fraction of sp³-hybridized carbons (Fsp3) is 0.263. The Kier molecular flexibility index (Phi) is 4.09. The first kappa shape index (κ1) is 15.6. The normalized spacial score (nSPS) is 14.2. The SMILES string of the molecule is Cc1ccnc(Oc2c(C3CCC3)ccc(-c3cncnc3)c2F)n1. The van der Waals surface area contributed by atoms with Crippen molar-refractivity contribution < 1.29 is 9.13 Å². The maximum atomic E-state index is 15.3. The summed E-state index contributed by atoms with van der Waals surface area (Å²) in [5.41, 5.74) is 2.65. The fourth-order valence-corrected chi connectivity index (χ4v) is 2.94. The van der Waals surface area contributed by atoms with E-state index in [1.807, 2.05) is 13.0 Å². The predicted molar refractivity (Wildman–Crippen MR) is 90.9 cm³/mol. The summed E-state index contributed by atoms with van der Waals surface area (Å²) >= 11 is 0. The standard InChI is InChI=1S/C19H17FN4O/c1-12-7-8-23-19(24-12)25-18-16(13-3-2-4-13)6-5-15(17(18)20)14-9-21-11-22-10-14/h5-11,13H,2-4H2,1H3. The Morgan fingerprint density at radius 3 is 2.60 bits per heavy atom. The molecule has 0 spiro atoms. The van der Waals surface area contributed by atoms with Gasteiger partial charge in [-0.05, 0) is 31.7 Å². The summed E-state index contributed by atoms with van der Waals surface area (Å²) in [5.74, 6) is 0.0938. The maximum absolute atomic E-state index is 15.3. The molecule has 1 aliphatic rings. The highest BCUT2D eigenvalue weighted by Crippen LogP contribution is 2.44. The number of rotatable bonds is 4. The molecule has 0 aliphatic heterocycles. The van der Waals surface area contributed by atoms with Crippen LogP contribution in [0.1, 0.15) is 36.4 Å². The zero-order valence-electron chi connectivity index (χ0n) is 13.8. The van der Waals surface area contributed by atoms with Gasteiger partial charge in [0.2, 0.25) is 0 Å². The molecule has 25 heavy (non-hydrogen) atoms. The monoisotopic (exact) mass is 336 g/mol. The molecule has 0 saturated heterocycles. The van der Waals surface area contributed by atoms with E-state index in [4.69, 9.17) is 4.74 Å². The van der Waals surface area contributed by atoms with E-state index in [0.717, 1.165) is 30.5 Å². The van der Waals surface area contributed by atoms with Crippen LogP contribution in [-0.4, -0.2) is 19.9 Å². The van der Waals surface area contributed by atoms with E-state index in [9.17, 15) is 0 Å². The molecule has 0 bridgehead atoms. The molecular formula is C19H17FN4O. The van der Waals surface area contributed by atoms with E-state index in [-0.39, 0.29) is 11.8 Å². The van der Waals surface area contributed by atoms with Crippen LogP contribution < -0.4 is 4.74 Å². The molecule has 0 atom stereocenters. The molecule has 1 aromatic carbocycles. The summed E-state index contributed by atoms with van der Waals surface area (Å²) in [6, 6.07) is 5.63. The van der Waals surface area contributed by atoms with Gasteiger partial charge >= 0.3 is 6.01 Å². The quantitative estimate of drug-likeness (QED) is 0.705. The number of hydrogen-bond acceptors (Lipinski definition) is 5. The van der Waals surface area contributed by atoms with E-state index in [1.165, 1.54) is 6.33 Å². The van der Waals surface area contributed by atoms with Crippen LogP contribution in [0.15, 0.2) is 43.1 Å². The summed E-state index contributed by atoms with van der Waals surface area (Å²) in [6.07, 6.45) is 9.43. The summed E-state index contributed by atoms with van der Waals surface area (Å²) in [6.45, 7) is 1.84. The molecule has 126 valence electrons. The Balaban J connectivity index is 1.80. The largest absolute Gasteiger partial charge is 0.421 e. The lowest BCUT2D eigenvalue weighted by atomic mass is 9.79. The second-order valence-corrected chi connectivity index (χ2v) is 6.18. The first-order valence-electron chi connectivity index (χ1n) is 8.27. The summed E-state index contributed by atoms with van der Waals surface area (Å²) in [4.78, 5) is 16.3. The van der Waals surface area contributed by atoms with E-state index in [2.05, 4.69) is 19.9 Å². The lowest BCUT2D eigenvalue weighted by molar-refractivity contribution is 0.371. The van der Waals surface area contributed by atoms with Gasteiger partial charge in [0.25, 0.3) is 0 Å². The number of nitrogens with zero attached hydrogens (tertiary/aromatic N) is 4. The van der Waals surface area contributed by atoms with Gasteiger partial charge in [0.15, 0.2) is 11.6 Å². The number of hydrogen-bond donors (Lipinski definition) is 0. The first-order chi connectivity index (χ1) is 12.2. The molecule has 0 N–H and O–H groups in total. The third-order valence-electron chi connectivity index (χ3n) is 4.51. The maximum Gasteiger partial charge on any atom is 0.322 e. The van der Waals surface area contributed by atoms with E-state index in [1.54, 1.807) is 30.7 Å². The molecule has 4 rings (SSSR count). The lowest BCUT2D eigenvalue weighted by Crippen LogP contribution is -2.11. The van der Waals surface area contributed by atoms with Crippen LogP contribution in [0.2, 0.25) is 0 Å². The highest BCUT2D eigenvalue weighted by atomic mass is 19.1. The van der Waals surface area contributed by atoms with Gasteiger partial charge in [0, 0.05) is 41.0 Å². The van der Waals surface area contributed by atoms with Gasteiger partial charge in [-0.25, -0.2) is 24.3 Å². The molecule has 0 amide bonds. The third kappa shape index (κ3) is 3.07. The molecule has 2 heterocycles. The molecule has 0 radical (unpaired) electrons.